The van der Waals surface area contributed by atoms with Crippen LogP contribution >= 0.6 is 0 Å². The molecule has 0 aliphatic heterocycles. The predicted molar refractivity (Wildman–Crippen MR) is 121 cm³/mol. The van der Waals surface area contributed by atoms with E-state index in [9.17, 15) is 29.6 Å². The van der Waals surface area contributed by atoms with Crippen LogP contribution in [-0.4, -0.2) is 41.0 Å². The van der Waals surface area contributed by atoms with E-state index in [2.05, 4.69) is 10.6 Å². The van der Waals surface area contributed by atoms with Gasteiger partial charge in [-0.3, -0.25) is 19.7 Å². The molecule has 0 saturated heterocycles. The minimum atomic E-state index is -1.20. The first-order valence-electron chi connectivity index (χ1n) is 10.1. The van der Waals surface area contributed by atoms with E-state index in [-0.39, 0.29) is 29.3 Å². The van der Waals surface area contributed by atoms with Crippen molar-refractivity contribution in [1.82, 2.24) is 10.6 Å². The summed E-state index contributed by atoms with van der Waals surface area (Å²) in [5.74, 6) is -2.06. The van der Waals surface area contributed by atoms with Crippen LogP contribution in [0.25, 0.3) is 6.08 Å². The summed E-state index contributed by atoms with van der Waals surface area (Å²) in [6, 6.07) is 10.4. The van der Waals surface area contributed by atoms with Crippen LogP contribution in [0.3, 0.4) is 0 Å². The van der Waals surface area contributed by atoms with Gasteiger partial charge in [0.25, 0.3) is 17.5 Å². The van der Waals surface area contributed by atoms with Crippen molar-refractivity contribution in [2.75, 3.05) is 7.11 Å². The molecule has 0 bridgehead atoms. The minimum Gasteiger partial charge on any atom is -0.497 e. The standard InChI is InChI=1S/C23H25N3O7/c1-14(2)12-20(23(29)30)25-22(28)19(13-15-4-8-17(9-5-15)26(31)32)24-21(27)16-6-10-18(33-3)11-7-16/h4-11,13-14,20H,12H2,1-3H3,(H,24,27)(H,25,28)(H,29,30)/b19-13-/t20-/m0/s1. The number of methoxy groups -OCH3 is 1. The third-order valence-electron chi connectivity index (χ3n) is 4.57. The Kier molecular flexibility index (Phi) is 8.67. The number of carbonyl (C=O) groups is 3. The largest absolute Gasteiger partial charge is 0.497 e. The Balaban J connectivity index is 2.34. The van der Waals surface area contributed by atoms with Crippen LogP contribution in [0.5, 0.6) is 5.75 Å². The van der Waals surface area contributed by atoms with Crippen molar-refractivity contribution in [2.24, 2.45) is 5.92 Å². The molecule has 10 nitrogen and oxygen atoms in total. The van der Waals surface area contributed by atoms with Crippen molar-refractivity contribution in [3.05, 3.63) is 75.5 Å². The number of non-ortho nitro benzene ring substituents is 1. The van der Waals surface area contributed by atoms with Gasteiger partial charge in [0.1, 0.15) is 17.5 Å². The Hall–Kier alpha value is -4.21. The van der Waals surface area contributed by atoms with Crippen molar-refractivity contribution in [1.29, 1.82) is 0 Å². The molecule has 0 unspecified atom stereocenters. The SMILES string of the molecule is COc1ccc(C(=O)N/C(=C\c2ccc([N+](=O)[O-])cc2)C(=O)N[C@@H](CC(C)C)C(=O)O)cc1. The maximum Gasteiger partial charge on any atom is 0.326 e. The zero-order chi connectivity index (χ0) is 24.5. The summed E-state index contributed by atoms with van der Waals surface area (Å²) in [4.78, 5) is 47.5. The number of hydrogen-bond acceptors (Lipinski definition) is 6. The molecule has 0 heterocycles. The first-order valence-corrected chi connectivity index (χ1v) is 10.1. The number of ether oxygens (including phenoxy) is 1. The van der Waals surface area contributed by atoms with E-state index in [1.165, 1.54) is 49.6 Å². The molecule has 0 saturated carbocycles. The normalized spacial score (nSPS) is 12.1. The van der Waals surface area contributed by atoms with E-state index in [0.29, 0.717) is 11.3 Å². The predicted octanol–water partition coefficient (Wildman–Crippen LogP) is 2.99. The highest BCUT2D eigenvalue weighted by atomic mass is 16.6. The second kappa shape index (κ2) is 11.4. The number of carboxylic acids is 1. The van der Waals surface area contributed by atoms with Crippen LogP contribution in [-0.2, 0) is 9.59 Å². The number of hydrogen-bond donors (Lipinski definition) is 3. The molecule has 0 fully saturated rings. The molecule has 0 aliphatic carbocycles. The maximum atomic E-state index is 12.9. The molecule has 0 radical (unpaired) electrons. The number of carbonyl (C=O) groups excluding carboxylic acids is 2. The Morgan fingerprint density at radius 3 is 2.18 bits per heavy atom. The smallest absolute Gasteiger partial charge is 0.326 e. The number of nitrogens with zero attached hydrogens (tertiary/aromatic N) is 1. The second-order valence-electron chi connectivity index (χ2n) is 7.58. The number of benzene rings is 2. The molecule has 0 spiro atoms. The van der Waals surface area contributed by atoms with Crippen molar-refractivity contribution in [3.8, 4) is 5.75 Å². The lowest BCUT2D eigenvalue weighted by molar-refractivity contribution is -0.384. The summed E-state index contributed by atoms with van der Waals surface area (Å²) < 4.78 is 5.06. The molecular formula is C23H25N3O7. The summed E-state index contributed by atoms with van der Waals surface area (Å²) in [5.41, 5.74) is 0.301. The molecule has 1 atom stereocenters. The number of aliphatic carboxylic acids is 1. The van der Waals surface area contributed by atoms with Crippen LogP contribution in [0.4, 0.5) is 5.69 Å². The summed E-state index contributed by atoms with van der Waals surface area (Å²) >= 11 is 0. The topological polar surface area (TPSA) is 148 Å². The maximum absolute atomic E-state index is 12.9. The Bertz CT molecular complexity index is 1040. The van der Waals surface area contributed by atoms with Crippen molar-refractivity contribution < 1.29 is 29.2 Å². The van der Waals surface area contributed by atoms with Gasteiger partial charge >= 0.3 is 5.97 Å². The van der Waals surface area contributed by atoms with Gasteiger partial charge in [-0.05, 0) is 60.4 Å². The van der Waals surface area contributed by atoms with E-state index in [1.54, 1.807) is 12.1 Å². The zero-order valence-corrected chi connectivity index (χ0v) is 18.4. The number of carboxylic acid groups (broad SMARTS) is 1. The van der Waals surface area contributed by atoms with Crippen molar-refractivity contribution in [2.45, 2.75) is 26.3 Å². The summed E-state index contributed by atoms with van der Waals surface area (Å²) in [7, 11) is 1.49. The monoisotopic (exact) mass is 455 g/mol. The van der Waals surface area contributed by atoms with Gasteiger partial charge in [-0.2, -0.15) is 0 Å². The van der Waals surface area contributed by atoms with Gasteiger partial charge in [-0.25, -0.2) is 4.79 Å². The summed E-state index contributed by atoms with van der Waals surface area (Å²) in [6.07, 6.45) is 1.51. The molecule has 2 aromatic carbocycles. The van der Waals surface area contributed by atoms with Gasteiger partial charge in [0.15, 0.2) is 0 Å². The molecule has 3 N–H and O–H groups in total. The number of amides is 2. The highest BCUT2D eigenvalue weighted by molar-refractivity contribution is 6.06. The Labute approximate surface area is 190 Å². The van der Waals surface area contributed by atoms with Crippen molar-refractivity contribution in [3.63, 3.8) is 0 Å². The molecule has 0 aliphatic rings. The third-order valence-corrected chi connectivity index (χ3v) is 4.57. The lowest BCUT2D eigenvalue weighted by Gasteiger charge is -2.18. The van der Waals surface area contributed by atoms with Gasteiger partial charge < -0.3 is 20.5 Å². The fourth-order valence-electron chi connectivity index (χ4n) is 2.88. The first kappa shape index (κ1) is 25.1. The lowest BCUT2D eigenvalue weighted by atomic mass is 10.0. The fraction of sp³-hybridized carbons (Fsp3) is 0.261. The quantitative estimate of drug-likeness (QED) is 0.283. The van der Waals surface area contributed by atoms with Gasteiger partial charge in [0, 0.05) is 17.7 Å². The van der Waals surface area contributed by atoms with Crippen LogP contribution in [0.2, 0.25) is 0 Å². The fourth-order valence-corrected chi connectivity index (χ4v) is 2.88. The lowest BCUT2D eigenvalue weighted by Crippen LogP contribution is -2.45. The van der Waals surface area contributed by atoms with E-state index >= 15 is 0 Å². The van der Waals surface area contributed by atoms with E-state index in [1.807, 2.05) is 13.8 Å². The molecule has 2 rings (SSSR count). The molecule has 2 amide bonds. The second-order valence-corrected chi connectivity index (χ2v) is 7.58. The zero-order valence-electron chi connectivity index (χ0n) is 18.4. The van der Waals surface area contributed by atoms with Gasteiger partial charge in [0.05, 0.1) is 12.0 Å². The van der Waals surface area contributed by atoms with Crippen LogP contribution in [0.1, 0.15) is 36.2 Å². The first-order chi connectivity index (χ1) is 15.6. The van der Waals surface area contributed by atoms with Crippen LogP contribution in [0.15, 0.2) is 54.2 Å². The molecule has 174 valence electrons. The number of nitro benzene ring substituents is 1. The van der Waals surface area contributed by atoms with Gasteiger partial charge in [0.2, 0.25) is 0 Å². The Morgan fingerprint density at radius 2 is 1.70 bits per heavy atom. The molecule has 33 heavy (non-hydrogen) atoms. The molecule has 10 heteroatoms. The van der Waals surface area contributed by atoms with Gasteiger partial charge in [-0.1, -0.05) is 13.8 Å². The number of nitro groups is 1. The number of nitrogens with one attached hydrogen (secondary N) is 2. The van der Waals surface area contributed by atoms with Crippen LogP contribution in [0, 0.1) is 16.0 Å². The molecular weight excluding hydrogens is 430 g/mol. The van der Waals surface area contributed by atoms with E-state index in [0.717, 1.165) is 0 Å². The average Bonchev–Trinajstić information content (AvgIpc) is 2.78. The third kappa shape index (κ3) is 7.46. The van der Waals surface area contributed by atoms with Crippen molar-refractivity contribution >= 4 is 29.5 Å². The minimum absolute atomic E-state index is 0.00222. The number of rotatable bonds is 10. The average molecular weight is 455 g/mol. The highest BCUT2D eigenvalue weighted by Crippen LogP contribution is 2.16. The highest BCUT2D eigenvalue weighted by Gasteiger charge is 2.24. The van der Waals surface area contributed by atoms with E-state index < -0.39 is 28.7 Å². The summed E-state index contributed by atoms with van der Waals surface area (Å²) in [6.45, 7) is 3.64. The van der Waals surface area contributed by atoms with Crippen LogP contribution < -0.4 is 15.4 Å². The molecule has 0 aromatic heterocycles. The van der Waals surface area contributed by atoms with Gasteiger partial charge in [-0.15, -0.1) is 0 Å². The molecule has 2 aromatic rings. The van der Waals surface area contributed by atoms with E-state index in [4.69, 9.17) is 4.74 Å². The summed E-state index contributed by atoms with van der Waals surface area (Å²) in [5, 5.41) is 25.2. The Morgan fingerprint density at radius 1 is 1.09 bits per heavy atom.